The summed E-state index contributed by atoms with van der Waals surface area (Å²) in [6.45, 7) is 3.57. The van der Waals surface area contributed by atoms with E-state index in [0.717, 1.165) is 0 Å². The second kappa shape index (κ2) is 6.69. The van der Waals surface area contributed by atoms with Gasteiger partial charge in [-0.25, -0.2) is 17.8 Å². The number of aromatic amines is 1. The highest BCUT2D eigenvalue weighted by atomic mass is 32.2. The Morgan fingerprint density at radius 1 is 1.45 bits per heavy atom. The number of fused-ring (bicyclic) bond motifs is 1. The van der Waals surface area contributed by atoms with Crippen LogP contribution in [0, 0.1) is 5.82 Å². The van der Waals surface area contributed by atoms with Crippen molar-refractivity contribution in [1.82, 2.24) is 15.3 Å². The molecule has 1 aromatic heterocycles. The van der Waals surface area contributed by atoms with Crippen LogP contribution in [-0.4, -0.2) is 42.3 Å². The Morgan fingerprint density at radius 3 is 2.95 bits per heavy atom. The van der Waals surface area contributed by atoms with Gasteiger partial charge >= 0.3 is 0 Å². The number of hydrogen-bond donors (Lipinski definition) is 2. The lowest BCUT2D eigenvalue weighted by Crippen LogP contribution is -2.32. The number of carbonyl (C=O) groups excluding carboxylic acids is 1. The Labute approximate surface area is 127 Å². The fourth-order valence-electron chi connectivity index (χ4n) is 1.96. The first kappa shape index (κ1) is 16.2. The maximum absolute atomic E-state index is 13.1. The van der Waals surface area contributed by atoms with E-state index in [-0.39, 0.29) is 18.1 Å². The van der Waals surface area contributed by atoms with E-state index >= 15 is 0 Å². The maximum Gasteiger partial charge on any atom is 0.235 e. The van der Waals surface area contributed by atoms with E-state index in [2.05, 4.69) is 21.9 Å². The molecule has 0 unspecified atom stereocenters. The molecule has 118 valence electrons. The van der Waals surface area contributed by atoms with E-state index in [1.807, 2.05) is 0 Å². The normalized spacial score (nSPS) is 11.5. The van der Waals surface area contributed by atoms with E-state index in [1.54, 1.807) is 6.07 Å². The molecule has 1 aromatic carbocycles. The monoisotopic (exact) mass is 325 g/mol. The summed E-state index contributed by atoms with van der Waals surface area (Å²) in [6.07, 6.45) is 1.64. The van der Waals surface area contributed by atoms with Crippen molar-refractivity contribution in [1.29, 1.82) is 0 Å². The molecule has 0 aliphatic carbocycles. The summed E-state index contributed by atoms with van der Waals surface area (Å²) < 4.78 is 35.9. The van der Waals surface area contributed by atoms with Gasteiger partial charge in [-0.3, -0.25) is 4.79 Å². The van der Waals surface area contributed by atoms with Crippen molar-refractivity contribution in [3.63, 3.8) is 0 Å². The van der Waals surface area contributed by atoms with Gasteiger partial charge in [0.15, 0.2) is 9.84 Å². The summed E-state index contributed by atoms with van der Waals surface area (Å²) in [5.41, 5.74) is 1.21. The minimum atomic E-state index is -3.45. The Morgan fingerprint density at radius 2 is 2.23 bits per heavy atom. The molecular weight excluding hydrogens is 309 g/mol. The second-order valence-corrected chi connectivity index (χ2v) is 6.90. The molecule has 0 bridgehead atoms. The van der Waals surface area contributed by atoms with Crippen LogP contribution in [0.4, 0.5) is 4.39 Å². The standard InChI is InChI=1S/C14H16FN3O3S/c1-2-7-22(20,21)9-14(19)16-6-5-13-17-11-4-3-10(15)8-12(11)18-13/h2-4,8H,1,5-7,9H2,(H,16,19)(H,17,18). The predicted molar refractivity (Wildman–Crippen MR) is 81.6 cm³/mol. The molecule has 0 radical (unpaired) electrons. The summed E-state index contributed by atoms with van der Waals surface area (Å²) in [7, 11) is -3.45. The van der Waals surface area contributed by atoms with Gasteiger partial charge in [0.1, 0.15) is 17.4 Å². The summed E-state index contributed by atoms with van der Waals surface area (Å²) >= 11 is 0. The van der Waals surface area contributed by atoms with Gasteiger partial charge in [0.05, 0.1) is 16.8 Å². The van der Waals surface area contributed by atoms with Crippen LogP contribution in [0.3, 0.4) is 0 Å². The molecule has 8 heteroatoms. The highest BCUT2D eigenvalue weighted by molar-refractivity contribution is 7.92. The molecule has 0 spiro atoms. The number of nitrogens with one attached hydrogen (secondary N) is 2. The van der Waals surface area contributed by atoms with Crippen LogP contribution >= 0.6 is 0 Å². The van der Waals surface area contributed by atoms with Crippen molar-refractivity contribution in [2.75, 3.05) is 18.1 Å². The number of imidazole rings is 1. The molecule has 0 atom stereocenters. The number of benzene rings is 1. The van der Waals surface area contributed by atoms with Crippen LogP contribution in [0.5, 0.6) is 0 Å². The van der Waals surface area contributed by atoms with Crippen LogP contribution in [0.2, 0.25) is 0 Å². The zero-order valence-corrected chi connectivity index (χ0v) is 12.6. The SMILES string of the molecule is C=CCS(=O)(=O)CC(=O)NCCc1nc2ccc(F)cc2[nH]1. The molecule has 1 amide bonds. The second-order valence-electron chi connectivity index (χ2n) is 4.79. The van der Waals surface area contributed by atoms with Crippen LogP contribution in [-0.2, 0) is 21.1 Å². The molecule has 0 aliphatic rings. The third-order valence-electron chi connectivity index (χ3n) is 2.90. The van der Waals surface area contributed by atoms with Gasteiger partial charge < -0.3 is 10.3 Å². The van der Waals surface area contributed by atoms with E-state index in [4.69, 9.17) is 0 Å². The molecule has 2 rings (SSSR count). The van der Waals surface area contributed by atoms with E-state index in [1.165, 1.54) is 18.2 Å². The molecular formula is C14H16FN3O3S. The lowest BCUT2D eigenvalue weighted by Gasteiger charge is -2.04. The number of amides is 1. The average Bonchev–Trinajstić information content (AvgIpc) is 2.79. The van der Waals surface area contributed by atoms with Crippen molar-refractivity contribution in [2.24, 2.45) is 0 Å². The number of carbonyl (C=O) groups is 1. The first-order chi connectivity index (χ1) is 10.4. The van der Waals surface area contributed by atoms with Crippen molar-refractivity contribution in [3.05, 3.63) is 42.5 Å². The minimum absolute atomic E-state index is 0.227. The molecule has 0 saturated carbocycles. The first-order valence-corrected chi connectivity index (χ1v) is 8.44. The van der Waals surface area contributed by atoms with Crippen LogP contribution in [0.1, 0.15) is 5.82 Å². The Bertz CT molecular complexity index is 799. The smallest absolute Gasteiger partial charge is 0.235 e. The third kappa shape index (κ3) is 4.39. The van der Waals surface area contributed by atoms with Gasteiger partial charge in [0.25, 0.3) is 0 Å². The zero-order chi connectivity index (χ0) is 16.2. The van der Waals surface area contributed by atoms with Gasteiger partial charge in [-0.1, -0.05) is 6.08 Å². The lowest BCUT2D eigenvalue weighted by atomic mass is 10.3. The summed E-state index contributed by atoms with van der Waals surface area (Å²) in [4.78, 5) is 18.7. The van der Waals surface area contributed by atoms with E-state index < -0.39 is 21.5 Å². The Balaban J connectivity index is 1.87. The van der Waals surface area contributed by atoms with Crippen molar-refractivity contribution >= 4 is 26.8 Å². The average molecular weight is 325 g/mol. The van der Waals surface area contributed by atoms with Crippen LogP contribution in [0.15, 0.2) is 30.9 Å². The van der Waals surface area contributed by atoms with Gasteiger partial charge in [-0.05, 0) is 18.2 Å². The molecule has 6 nitrogen and oxygen atoms in total. The summed E-state index contributed by atoms with van der Waals surface area (Å²) in [6, 6.07) is 4.22. The molecule has 0 fully saturated rings. The number of halogens is 1. The van der Waals surface area contributed by atoms with Crippen LogP contribution < -0.4 is 5.32 Å². The molecule has 2 aromatic rings. The number of hydrogen-bond acceptors (Lipinski definition) is 4. The quantitative estimate of drug-likeness (QED) is 0.742. The predicted octanol–water partition coefficient (Wildman–Crippen LogP) is 0.961. The number of aromatic nitrogens is 2. The fraction of sp³-hybridized carbons (Fsp3) is 0.286. The van der Waals surface area contributed by atoms with Crippen molar-refractivity contribution in [3.8, 4) is 0 Å². The van der Waals surface area contributed by atoms with Gasteiger partial charge in [-0.2, -0.15) is 0 Å². The molecule has 1 heterocycles. The number of nitrogens with zero attached hydrogens (tertiary/aromatic N) is 1. The molecule has 22 heavy (non-hydrogen) atoms. The maximum atomic E-state index is 13.1. The van der Waals surface area contributed by atoms with E-state index in [0.29, 0.717) is 23.3 Å². The highest BCUT2D eigenvalue weighted by Gasteiger charge is 2.14. The lowest BCUT2D eigenvalue weighted by molar-refractivity contribution is -0.118. The topological polar surface area (TPSA) is 91.9 Å². The summed E-state index contributed by atoms with van der Waals surface area (Å²) in [5, 5.41) is 2.51. The van der Waals surface area contributed by atoms with Crippen molar-refractivity contribution in [2.45, 2.75) is 6.42 Å². The highest BCUT2D eigenvalue weighted by Crippen LogP contribution is 2.12. The Hall–Kier alpha value is -2.22. The fourth-order valence-corrected chi connectivity index (χ4v) is 2.94. The first-order valence-electron chi connectivity index (χ1n) is 6.62. The van der Waals surface area contributed by atoms with Gasteiger partial charge in [0.2, 0.25) is 5.91 Å². The zero-order valence-electron chi connectivity index (χ0n) is 11.8. The van der Waals surface area contributed by atoms with Gasteiger partial charge in [0, 0.05) is 13.0 Å². The number of H-pyrrole nitrogens is 1. The van der Waals surface area contributed by atoms with Gasteiger partial charge in [-0.15, -0.1) is 6.58 Å². The summed E-state index contributed by atoms with van der Waals surface area (Å²) in [5.74, 6) is -1.12. The van der Waals surface area contributed by atoms with E-state index in [9.17, 15) is 17.6 Å². The molecule has 0 aliphatic heterocycles. The number of rotatable bonds is 7. The van der Waals surface area contributed by atoms with Crippen molar-refractivity contribution < 1.29 is 17.6 Å². The molecule has 2 N–H and O–H groups in total. The molecule has 0 saturated heterocycles. The number of sulfone groups is 1. The van der Waals surface area contributed by atoms with Crippen LogP contribution in [0.25, 0.3) is 11.0 Å². The third-order valence-corrected chi connectivity index (χ3v) is 4.35. The largest absolute Gasteiger partial charge is 0.355 e. The minimum Gasteiger partial charge on any atom is -0.355 e. The Kier molecular flexibility index (Phi) is 4.92.